The molecule has 0 unspecified atom stereocenters. The van der Waals surface area contributed by atoms with Crippen molar-refractivity contribution in [1.29, 1.82) is 0 Å². The summed E-state index contributed by atoms with van der Waals surface area (Å²) in [7, 11) is 0. The molecular formula is C6H11IN4O. The number of hydrogen-bond donors (Lipinski definition) is 1. The van der Waals surface area contributed by atoms with Crippen LogP contribution in [-0.4, -0.2) is 23.4 Å². The Bertz CT molecular complexity index is 178. The number of rotatable bonds is 6. The molecule has 68 valence electrons. The number of amides is 1. The minimum absolute atomic E-state index is 0.0550. The van der Waals surface area contributed by atoms with Crippen LogP contribution in [0, 0.1) is 0 Å². The van der Waals surface area contributed by atoms with Gasteiger partial charge in [-0.2, -0.15) is 0 Å². The number of alkyl halides is 1. The zero-order valence-electron chi connectivity index (χ0n) is 6.66. The molecule has 6 heteroatoms. The summed E-state index contributed by atoms with van der Waals surface area (Å²) in [6.45, 7) is 1.18. The maximum Gasteiger partial charge on any atom is 0.229 e. The molecule has 0 aliphatic heterocycles. The molecule has 1 N–H and O–H groups in total. The van der Waals surface area contributed by atoms with Crippen molar-refractivity contribution in [2.45, 2.75) is 12.8 Å². The van der Waals surface area contributed by atoms with Gasteiger partial charge in [0.2, 0.25) is 5.91 Å². The van der Waals surface area contributed by atoms with Crippen molar-refractivity contribution < 1.29 is 4.79 Å². The lowest BCUT2D eigenvalue weighted by Crippen LogP contribution is -2.25. The maximum atomic E-state index is 10.7. The van der Waals surface area contributed by atoms with Gasteiger partial charge in [0.25, 0.3) is 0 Å². The third-order valence-corrected chi connectivity index (χ3v) is 1.88. The van der Waals surface area contributed by atoms with Crippen LogP contribution in [0.25, 0.3) is 10.4 Å². The SMILES string of the molecule is [N-]=[N+]=NCCCCNC(=O)CI. The third kappa shape index (κ3) is 7.62. The lowest BCUT2D eigenvalue weighted by atomic mass is 10.3. The second-order valence-corrected chi connectivity index (χ2v) is 2.91. The van der Waals surface area contributed by atoms with Crippen molar-refractivity contribution in [2.24, 2.45) is 5.11 Å². The zero-order chi connectivity index (χ0) is 9.23. The highest BCUT2D eigenvalue weighted by molar-refractivity contribution is 14.1. The highest BCUT2D eigenvalue weighted by atomic mass is 127. The number of nitrogens with zero attached hydrogens (tertiary/aromatic N) is 3. The second kappa shape index (κ2) is 8.61. The van der Waals surface area contributed by atoms with Crippen molar-refractivity contribution in [1.82, 2.24) is 5.32 Å². The lowest BCUT2D eigenvalue weighted by molar-refractivity contribution is -0.118. The summed E-state index contributed by atoms with van der Waals surface area (Å²) in [5.74, 6) is 0.0550. The van der Waals surface area contributed by atoms with Gasteiger partial charge in [-0.25, -0.2) is 0 Å². The molecule has 0 aliphatic rings. The summed E-state index contributed by atoms with van der Waals surface area (Å²) >= 11 is 2.01. The molecular weight excluding hydrogens is 271 g/mol. The topological polar surface area (TPSA) is 77.9 Å². The Hall–Kier alpha value is -0.490. The molecule has 0 rings (SSSR count). The lowest BCUT2D eigenvalue weighted by Gasteiger charge is -2.00. The first-order valence-electron chi connectivity index (χ1n) is 3.64. The summed E-state index contributed by atoms with van der Waals surface area (Å²) < 4.78 is 0.494. The van der Waals surface area contributed by atoms with Crippen LogP contribution in [0.1, 0.15) is 12.8 Å². The molecule has 1 amide bonds. The fraction of sp³-hybridized carbons (Fsp3) is 0.833. The van der Waals surface area contributed by atoms with E-state index < -0.39 is 0 Å². The zero-order valence-corrected chi connectivity index (χ0v) is 8.82. The number of carbonyl (C=O) groups excluding carboxylic acids is 1. The van der Waals surface area contributed by atoms with Crippen molar-refractivity contribution >= 4 is 28.5 Å². The maximum absolute atomic E-state index is 10.7. The molecule has 0 aliphatic carbocycles. The van der Waals surface area contributed by atoms with Gasteiger partial charge in [-0.05, 0) is 18.4 Å². The molecule has 0 radical (unpaired) electrons. The van der Waals surface area contributed by atoms with Gasteiger partial charge in [-0.3, -0.25) is 4.79 Å². The van der Waals surface area contributed by atoms with E-state index in [1.807, 2.05) is 22.6 Å². The Morgan fingerprint density at radius 2 is 2.33 bits per heavy atom. The number of halogens is 1. The van der Waals surface area contributed by atoms with Crippen molar-refractivity contribution in [3.63, 3.8) is 0 Å². The molecule has 5 nitrogen and oxygen atoms in total. The van der Waals surface area contributed by atoms with Gasteiger partial charge >= 0.3 is 0 Å². The quantitative estimate of drug-likeness (QED) is 0.197. The Labute approximate surface area is 84.7 Å². The number of azide groups is 1. The van der Waals surface area contributed by atoms with Gasteiger partial charge in [-0.1, -0.05) is 27.7 Å². The third-order valence-electron chi connectivity index (χ3n) is 1.19. The van der Waals surface area contributed by atoms with Crippen molar-refractivity contribution in [3.05, 3.63) is 10.4 Å². The number of unbranched alkanes of at least 4 members (excludes halogenated alkanes) is 1. The fourth-order valence-electron chi connectivity index (χ4n) is 0.627. The molecule has 0 aromatic heterocycles. The average Bonchev–Trinajstić information content (AvgIpc) is 2.10. The van der Waals surface area contributed by atoms with E-state index in [9.17, 15) is 4.79 Å². The van der Waals surface area contributed by atoms with Crippen LogP contribution in [0.2, 0.25) is 0 Å². The Balaban J connectivity index is 3.10. The standard InChI is InChI=1S/C6H11IN4O/c7-5-6(12)9-3-1-2-4-10-11-8/h1-5H2,(H,9,12). The molecule has 0 aromatic rings. The summed E-state index contributed by atoms with van der Waals surface area (Å²) in [6.07, 6.45) is 1.69. The van der Waals surface area contributed by atoms with E-state index in [1.54, 1.807) is 0 Å². The summed E-state index contributed by atoms with van der Waals surface area (Å²) in [5.41, 5.74) is 7.94. The van der Waals surface area contributed by atoms with Crippen molar-refractivity contribution in [3.8, 4) is 0 Å². The number of carbonyl (C=O) groups is 1. The van der Waals surface area contributed by atoms with E-state index in [-0.39, 0.29) is 5.91 Å². The predicted molar refractivity (Wildman–Crippen MR) is 55.1 cm³/mol. The fourth-order valence-corrected chi connectivity index (χ4v) is 0.897. The smallest absolute Gasteiger partial charge is 0.229 e. The van der Waals surface area contributed by atoms with Crippen LogP contribution in [0.5, 0.6) is 0 Å². The Kier molecular flexibility index (Phi) is 8.25. The first-order chi connectivity index (χ1) is 5.81. The van der Waals surface area contributed by atoms with E-state index in [1.165, 1.54) is 0 Å². The first-order valence-corrected chi connectivity index (χ1v) is 5.17. The van der Waals surface area contributed by atoms with E-state index in [0.29, 0.717) is 17.5 Å². The first kappa shape index (κ1) is 11.5. The summed E-state index contributed by atoms with van der Waals surface area (Å²) in [6, 6.07) is 0. The van der Waals surface area contributed by atoms with Crippen LogP contribution < -0.4 is 5.32 Å². The van der Waals surface area contributed by atoms with Gasteiger partial charge in [0.15, 0.2) is 0 Å². The molecule has 0 heterocycles. The van der Waals surface area contributed by atoms with Crippen LogP contribution in [-0.2, 0) is 4.79 Å². The normalized spacial score (nSPS) is 8.75. The van der Waals surface area contributed by atoms with E-state index in [0.717, 1.165) is 12.8 Å². The Morgan fingerprint density at radius 1 is 1.58 bits per heavy atom. The molecule has 0 bridgehead atoms. The number of hydrogen-bond acceptors (Lipinski definition) is 2. The van der Waals surface area contributed by atoms with Crippen LogP contribution in [0.3, 0.4) is 0 Å². The highest BCUT2D eigenvalue weighted by Gasteiger charge is 1.94. The Morgan fingerprint density at radius 3 is 2.92 bits per heavy atom. The average molecular weight is 282 g/mol. The summed E-state index contributed by atoms with van der Waals surface area (Å²) in [4.78, 5) is 13.3. The van der Waals surface area contributed by atoms with Crippen LogP contribution in [0.15, 0.2) is 5.11 Å². The molecule has 0 saturated carbocycles. The van der Waals surface area contributed by atoms with Gasteiger partial charge in [0.05, 0.1) is 4.43 Å². The molecule has 0 saturated heterocycles. The second-order valence-electron chi connectivity index (χ2n) is 2.15. The van der Waals surface area contributed by atoms with Crippen LogP contribution >= 0.6 is 22.6 Å². The molecule has 12 heavy (non-hydrogen) atoms. The monoisotopic (exact) mass is 282 g/mol. The minimum atomic E-state index is 0.0550. The minimum Gasteiger partial charge on any atom is -0.355 e. The van der Waals surface area contributed by atoms with Gasteiger partial charge in [0, 0.05) is 18.0 Å². The van der Waals surface area contributed by atoms with E-state index >= 15 is 0 Å². The van der Waals surface area contributed by atoms with Crippen molar-refractivity contribution in [2.75, 3.05) is 17.5 Å². The van der Waals surface area contributed by atoms with Gasteiger partial charge in [-0.15, -0.1) is 0 Å². The van der Waals surface area contributed by atoms with Gasteiger partial charge < -0.3 is 5.32 Å². The van der Waals surface area contributed by atoms with Crippen LogP contribution in [0.4, 0.5) is 0 Å². The molecule has 0 aromatic carbocycles. The molecule has 0 fully saturated rings. The summed E-state index contributed by atoms with van der Waals surface area (Å²) in [5, 5.41) is 6.10. The molecule has 0 atom stereocenters. The van der Waals surface area contributed by atoms with E-state index in [4.69, 9.17) is 5.53 Å². The van der Waals surface area contributed by atoms with E-state index in [2.05, 4.69) is 15.3 Å². The predicted octanol–water partition coefficient (Wildman–Crippen LogP) is 1.63. The highest BCUT2D eigenvalue weighted by Crippen LogP contribution is 1.88. The van der Waals surface area contributed by atoms with Gasteiger partial charge in [0.1, 0.15) is 0 Å². The number of nitrogens with one attached hydrogen (secondary N) is 1. The molecule has 0 spiro atoms. The largest absolute Gasteiger partial charge is 0.355 e.